The molecule has 0 spiro atoms. The fourth-order valence-corrected chi connectivity index (χ4v) is 2.78. The predicted molar refractivity (Wildman–Crippen MR) is 66.9 cm³/mol. The van der Waals surface area contributed by atoms with Crippen molar-refractivity contribution in [2.45, 2.75) is 12.8 Å². The van der Waals surface area contributed by atoms with Crippen molar-refractivity contribution >= 4 is 18.6 Å². The van der Waals surface area contributed by atoms with E-state index < -0.39 is 13.3 Å². The van der Waals surface area contributed by atoms with Gasteiger partial charge in [0.1, 0.15) is 0 Å². The fourth-order valence-electron chi connectivity index (χ4n) is 1.41. The van der Waals surface area contributed by atoms with Crippen LogP contribution in [0.15, 0.2) is 36.9 Å². The molecule has 17 heavy (non-hydrogen) atoms. The van der Waals surface area contributed by atoms with Gasteiger partial charge in [0.25, 0.3) is 0 Å². The summed E-state index contributed by atoms with van der Waals surface area (Å²) in [5.74, 6) is -1.07. The highest BCUT2D eigenvalue weighted by Crippen LogP contribution is 2.39. The van der Waals surface area contributed by atoms with Crippen LogP contribution in [-0.2, 0) is 15.8 Å². The Morgan fingerprint density at radius 2 is 1.94 bits per heavy atom. The maximum absolute atomic E-state index is 11.9. The van der Waals surface area contributed by atoms with E-state index in [1.807, 2.05) is 0 Å². The van der Waals surface area contributed by atoms with E-state index in [1.54, 1.807) is 30.3 Å². The van der Waals surface area contributed by atoms with Crippen LogP contribution < -0.4 is 5.30 Å². The van der Waals surface area contributed by atoms with Gasteiger partial charge in [0.15, 0.2) is 0 Å². The summed E-state index contributed by atoms with van der Waals surface area (Å²) in [6, 6.07) is 6.64. The Labute approximate surface area is 100 Å². The molecule has 0 fully saturated rings. The first-order valence-corrected chi connectivity index (χ1v) is 7.04. The maximum Gasteiger partial charge on any atom is 0.303 e. The Kier molecular flexibility index (Phi) is 4.67. The predicted octanol–water partition coefficient (Wildman–Crippen LogP) is 1.79. The highest BCUT2D eigenvalue weighted by Gasteiger charge is 2.22. The molecule has 0 saturated carbocycles. The third kappa shape index (κ3) is 4.17. The van der Waals surface area contributed by atoms with Gasteiger partial charge in [-0.3, -0.25) is 9.36 Å². The minimum absolute atomic E-state index is 0.233. The molecular weight excluding hydrogens is 239 g/mol. The van der Waals surface area contributed by atoms with Crippen molar-refractivity contribution in [2.24, 2.45) is 0 Å². The molecule has 0 bridgehead atoms. The second kappa shape index (κ2) is 5.80. The van der Waals surface area contributed by atoms with Crippen molar-refractivity contribution in [3.63, 3.8) is 0 Å². The lowest BCUT2D eigenvalue weighted by Gasteiger charge is -2.10. The molecule has 0 aromatic heterocycles. The Bertz CT molecular complexity index is 450. The van der Waals surface area contributed by atoms with Crippen LogP contribution in [0.2, 0.25) is 0 Å². The van der Waals surface area contributed by atoms with Gasteiger partial charge in [0.2, 0.25) is 7.37 Å². The lowest BCUT2D eigenvalue weighted by Crippen LogP contribution is -2.10. The Morgan fingerprint density at radius 3 is 2.41 bits per heavy atom. The maximum atomic E-state index is 11.9. The van der Waals surface area contributed by atoms with Gasteiger partial charge >= 0.3 is 5.97 Å². The number of carboxylic acid groups (broad SMARTS) is 1. The smallest absolute Gasteiger partial charge is 0.303 e. The standard InChI is InChI=1S/C12H15O4P/c1-2-3-10-4-6-11(7-5-10)17(15,16)9-8-12(13)14/h2,4-7H,1,3,8-9H2,(H,13,14)(H,15,16). The molecule has 0 amide bonds. The average molecular weight is 254 g/mol. The summed E-state index contributed by atoms with van der Waals surface area (Å²) in [6.45, 7) is 3.61. The molecular formula is C12H15O4P. The summed E-state index contributed by atoms with van der Waals surface area (Å²) >= 11 is 0. The summed E-state index contributed by atoms with van der Waals surface area (Å²) < 4.78 is 11.9. The zero-order valence-electron chi connectivity index (χ0n) is 9.37. The van der Waals surface area contributed by atoms with Crippen LogP contribution >= 0.6 is 7.37 Å². The number of hydrogen-bond acceptors (Lipinski definition) is 2. The molecule has 0 aliphatic carbocycles. The van der Waals surface area contributed by atoms with E-state index in [0.29, 0.717) is 11.7 Å². The molecule has 0 heterocycles. The molecule has 1 aromatic rings. The number of carboxylic acids is 1. The largest absolute Gasteiger partial charge is 0.481 e. The SMILES string of the molecule is C=CCc1ccc(P(=O)(O)CCC(=O)O)cc1. The minimum atomic E-state index is -3.54. The minimum Gasteiger partial charge on any atom is -0.481 e. The van der Waals surface area contributed by atoms with Crippen LogP contribution in [-0.4, -0.2) is 22.1 Å². The van der Waals surface area contributed by atoms with Crippen molar-refractivity contribution in [1.29, 1.82) is 0 Å². The molecule has 0 aliphatic heterocycles. The summed E-state index contributed by atoms with van der Waals surface area (Å²) in [4.78, 5) is 20.1. The Hall–Kier alpha value is -1.38. The van der Waals surface area contributed by atoms with Crippen molar-refractivity contribution in [2.75, 3.05) is 6.16 Å². The third-order valence-corrected chi connectivity index (χ3v) is 4.28. The van der Waals surface area contributed by atoms with Gasteiger partial charge in [-0.1, -0.05) is 18.2 Å². The van der Waals surface area contributed by atoms with Gasteiger partial charge in [0.05, 0.1) is 6.42 Å². The fraction of sp³-hybridized carbons (Fsp3) is 0.250. The van der Waals surface area contributed by atoms with E-state index in [2.05, 4.69) is 6.58 Å². The van der Waals surface area contributed by atoms with E-state index in [0.717, 1.165) is 5.56 Å². The summed E-state index contributed by atoms with van der Waals surface area (Å²) in [5, 5.41) is 8.79. The third-order valence-electron chi connectivity index (χ3n) is 2.35. The highest BCUT2D eigenvalue weighted by atomic mass is 31.2. The summed E-state index contributed by atoms with van der Waals surface area (Å²) in [7, 11) is -3.54. The number of rotatable bonds is 6. The van der Waals surface area contributed by atoms with Crippen LogP contribution in [0.25, 0.3) is 0 Å². The molecule has 2 N–H and O–H groups in total. The van der Waals surface area contributed by atoms with E-state index in [1.165, 1.54) is 0 Å². The normalized spacial score (nSPS) is 13.9. The van der Waals surface area contributed by atoms with Gasteiger partial charge in [0, 0.05) is 11.5 Å². The number of benzene rings is 1. The van der Waals surface area contributed by atoms with Gasteiger partial charge < -0.3 is 10.00 Å². The van der Waals surface area contributed by atoms with Crippen LogP contribution in [0.1, 0.15) is 12.0 Å². The lowest BCUT2D eigenvalue weighted by molar-refractivity contribution is -0.136. The van der Waals surface area contributed by atoms with E-state index in [9.17, 15) is 14.3 Å². The van der Waals surface area contributed by atoms with Crippen LogP contribution in [0, 0.1) is 0 Å². The van der Waals surface area contributed by atoms with Crippen molar-refractivity contribution in [3.8, 4) is 0 Å². The quantitative estimate of drug-likeness (QED) is 0.599. The molecule has 92 valence electrons. The zero-order chi connectivity index (χ0) is 12.9. The monoisotopic (exact) mass is 254 g/mol. The number of allylic oxidation sites excluding steroid dienone is 1. The van der Waals surface area contributed by atoms with E-state index >= 15 is 0 Å². The molecule has 0 aliphatic rings. The summed E-state index contributed by atoms with van der Waals surface area (Å²) in [6.07, 6.45) is 1.91. The lowest BCUT2D eigenvalue weighted by atomic mass is 10.2. The molecule has 0 saturated heterocycles. The zero-order valence-corrected chi connectivity index (χ0v) is 10.3. The Balaban J connectivity index is 2.80. The van der Waals surface area contributed by atoms with Crippen LogP contribution in [0.4, 0.5) is 0 Å². The highest BCUT2D eigenvalue weighted by molar-refractivity contribution is 7.66. The van der Waals surface area contributed by atoms with Gasteiger partial charge in [-0.25, -0.2) is 0 Å². The van der Waals surface area contributed by atoms with Crippen molar-refractivity contribution < 1.29 is 19.4 Å². The van der Waals surface area contributed by atoms with Gasteiger partial charge in [-0.2, -0.15) is 0 Å². The average Bonchev–Trinajstić information content (AvgIpc) is 2.28. The van der Waals surface area contributed by atoms with Crippen molar-refractivity contribution in [1.82, 2.24) is 0 Å². The number of carbonyl (C=O) groups is 1. The molecule has 1 rings (SSSR count). The Morgan fingerprint density at radius 1 is 1.35 bits per heavy atom. The molecule has 5 heteroatoms. The van der Waals surface area contributed by atoms with Crippen molar-refractivity contribution in [3.05, 3.63) is 42.5 Å². The second-order valence-electron chi connectivity index (χ2n) is 3.73. The van der Waals surface area contributed by atoms with Gasteiger partial charge in [-0.15, -0.1) is 6.58 Å². The topological polar surface area (TPSA) is 74.6 Å². The van der Waals surface area contributed by atoms with Crippen LogP contribution in [0.3, 0.4) is 0 Å². The molecule has 4 nitrogen and oxygen atoms in total. The number of aliphatic carboxylic acids is 1. The number of hydrogen-bond donors (Lipinski definition) is 2. The molecule has 1 unspecified atom stereocenters. The molecule has 0 radical (unpaired) electrons. The first-order valence-electron chi connectivity index (χ1n) is 5.20. The van der Waals surface area contributed by atoms with E-state index in [4.69, 9.17) is 5.11 Å². The second-order valence-corrected chi connectivity index (χ2v) is 6.09. The molecule has 1 atom stereocenters. The van der Waals surface area contributed by atoms with Crippen LogP contribution in [0.5, 0.6) is 0 Å². The first kappa shape index (κ1) is 13.7. The molecule has 1 aromatic carbocycles. The summed E-state index contributed by atoms with van der Waals surface area (Å²) in [5.41, 5.74) is 1.00. The van der Waals surface area contributed by atoms with Gasteiger partial charge in [-0.05, 0) is 24.1 Å². The van der Waals surface area contributed by atoms with E-state index in [-0.39, 0.29) is 12.6 Å². The first-order chi connectivity index (χ1) is 7.95.